The molecule has 1 unspecified atom stereocenters. The zero-order valence-corrected chi connectivity index (χ0v) is 14.7. The van der Waals surface area contributed by atoms with Crippen LogP contribution >= 0.6 is 0 Å². The summed E-state index contributed by atoms with van der Waals surface area (Å²) in [5.74, 6) is 0.747. The summed E-state index contributed by atoms with van der Waals surface area (Å²) in [7, 11) is 1.99. The van der Waals surface area contributed by atoms with Crippen LogP contribution in [0.15, 0.2) is 47.3 Å². The van der Waals surface area contributed by atoms with E-state index < -0.39 is 0 Å². The number of aryl methyl sites for hydroxylation is 1. The van der Waals surface area contributed by atoms with Crippen LogP contribution in [-0.4, -0.2) is 28.8 Å². The van der Waals surface area contributed by atoms with E-state index in [1.54, 1.807) is 0 Å². The number of hydrogen-bond donors (Lipinski definition) is 0. The predicted molar refractivity (Wildman–Crippen MR) is 99.7 cm³/mol. The van der Waals surface area contributed by atoms with Crippen molar-refractivity contribution < 1.29 is 4.74 Å². The quantitative estimate of drug-likeness (QED) is 0.529. The molecule has 0 fully saturated rings. The highest BCUT2D eigenvalue weighted by Crippen LogP contribution is 2.27. The Labute approximate surface area is 142 Å². The molecular weight excluding hydrogens is 300 g/mol. The predicted octanol–water partition coefficient (Wildman–Crippen LogP) is 3.76. The Morgan fingerprint density at radius 2 is 1.71 bits per heavy atom. The summed E-state index contributed by atoms with van der Waals surface area (Å²) in [6.07, 6.45) is -0.0489. The van der Waals surface area contributed by atoms with Crippen LogP contribution < -0.4 is 10.2 Å². The van der Waals surface area contributed by atoms with Gasteiger partial charge in [0.15, 0.2) is 5.43 Å². The molecule has 0 saturated carbocycles. The summed E-state index contributed by atoms with van der Waals surface area (Å²) in [4.78, 5) is 15.1. The summed E-state index contributed by atoms with van der Waals surface area (Å²) in [5, 5.41) is 1.43. The van der Waals surface area contributed by atoms with Gasteiger partial charge in [-0.05, 0) is 44.3 Å². The molecule has 24 heavy (non-hydrogen) atoms. The van der Waals surface area contributed by atoms with E-state index in [0.717, 1.165) is 35.3 Å². The van der Waals surface area contributed by atoms with Gasteiger partial charge in [-0.1, -0.05) is 32.0 Å². The zero-order chi connectivity index (χ0) is 17.3. The van der Waals surface area contributed by atoms with Crippen LogP contribution in [0.4, 0.5) is 0 Å². The molecule has 0 aliphatic carbocycles. The maximum Gasteiger partial charge on any atom is 0.197 e. The second kappa shape index (κ2) is 6.65. The Balaban J connectivity index is 2.22. The van der Waals surface area contributed by atoms with Gasteiger partial charge in [-0.2, -0.15) is 0 Å². The van der Waals surface area contributed by atoms with Crippen molar-refractivity contribution in [2.45, 2.75) is 27.0 Å². The lowest BCUT2D eigenvalue weighted by atomic mass is 10.1. The number of hydrogen-bond acceptors (Lipinski definition) is 3. The van der Waals surface area contributed by atoms with Gasteiger partial charge in [0.05, 0.1) is 16.4 Å². The first kappa shape index (κ1) is 16.5. The first-order chi connectivity index (χ1) is 11.6. The third-order valence-electron chi connectivity index (χ3n) is 4.71. The Morgan fingerprint density at radius 3 is 2.42 bits per heavy atom. The fourth-order valence-electron chi connectivity index (χ4n) is 3.37. The standard InChI is InChI=1S/C20H24N2O2/c1-5-22(6-2)14(3)24-18-13-9-11-16-19(18)21(4)17-12-8-7-10-15(17)20(16)23/h7-14H,5-6H2,1-4H3. The molecule has 4 nitrogen and oxygen atoms in total. The minimum Gasteiger partial charge on any atom is -0.473 e. The maximum absolute atomic E-state index is 12.8. The molecule has 2 aromatic carbocycles. The van der Waals surface area contributed by atoms with Crippen molar-refractivity contribution in [1.82, 2.24) is 9.47 Å². The average Bonchev–Trinajstić information content (AvgIpc) is 2.60. The van der Waals surface area contributed by atoms with Crippen LogP contribution in [-0.2, 0) is 7.05 Å². The minimum absolute atomic E-state index is 0.0489. The molecule has 0 saturated heterocycles. The highest BCUT2D eigenvalue weighted by Gasteiger charge is 2.16. The van der Waals surface area contributed by atoms with Gasteiger partial charge in [-0.25, -0.2) is 0 Å². The summed E-state index contributed by atoms with van der Waals surface area (Å²) in [6.45, 7) is 8.13. The van der Waals surface area contributed by atoms with Crippen molar-refractivity contribution in [3.8, 4) is 5.75 Å². The second-order valence-corrected chi connectivity index (χ2v) is 6.00. The highest BCUT2D eigenvalue weighted by molar-refractivity contribution is 5.96. The number of aromatic nitrogens is 1. The van der Waals surface area contributed by atoms with E-state index in [0.29, 0.717) is 5.39 Å². The fraction of sp³-hybridized carbons (Fsp3) is 0.350. The van der Waals surface area contributed by atoms with Crippen molar-refractivity contribution in [1.29, 1.82) is 0 Å². The molecule has 4 heteroatoms. The number of ether oxygens (including phenoxy) is 1. The van der Waals surface area contributed by atoms with E-state index in [1.807, 2.05) is 56.4 Å². The zero-order valence-electron chi connectivity index (χ0n) is 14.7. The SMILES string of the molecule is CCN(CC)C(C)Oc1cccc2c(=O)c3ccccc3n(C)c12. The van der Waals surface area contributed by atoms with Crippen molar-refractivity contribution in [2.24, 2.45) is 7.05 Å². The lowest BCUT2D eigenvalue weighted by Gasteiger charge is -2.27. The van der Waals surface area contributed by atoms with Crippen LogP contribution in [0.25, 0.3) is 21.8 Å². The smallest absolute Gasteiger partial charge is 0.197 e. The van der Waals surface area contributed by atoms with Gasteiger partial charge < -0.3 is 9.30 Å². The van der Waals surface area contributed by atoms with Gasteiger partial charge in [-0.3, -0.25) is 9.69 Å². The third-order valence-corrected chi connectivity index (χ3v) is 4.71. The Bertz CT molecular complexity index is 926. The summed E-state index contributed by atoms with van der Waals surface area (Å²) in [5.41, 5.74) is 1.82. The molecule has 0 radical (unpaired) electrons. The van der Waals surface area contributed by atoms with Crippen LogP contribution in [0.5, 0.6) is 5.75 Å². The summed E-state index contributed by atoms with van der Waals surface area (Å²) >= 11 is 0. The van der Waals surface area contributed by atoms with Crippen molar-refractivity contribution in [2.75, 3.05) is 13.1 Å². The molecular formula is C20H24N2O2. The van der Waals surface area contributed by atoms with E-state index in [4.69, 9.17) is 4.74 Å². The van der Waals surface area contributed by atoms with Crippen molar-refractivity contribution in [3.05, 3.63) is 52.7 Å². The van der Waals surface area contributed by atoms with E-state index in [9.17, 15) is 4.79 Å². The summed E-state index contributed by atoms with van der Waals surface area (Å²) in [6, 6.07) is 13.4. The molecule has 3 aromatic rings. The van der Waals surface area contributed by atoms with Crippen molar-refractivity contribution >= 4 is 21.8 Å². The normalized spacial score (nSPS) is 12.9. The number of pyridine rings is 1. The van der Waals surface area contributed by atoms with Crippen LogP contribution in [0, 0.1) is 0 Å². The topological polar surface area (TPSA) is 34.5 Å². The van der Waals surface area contributed by atoms with Gasteiger partial charge in [0.25, 0.3) is 0 Å². The number of benzene rings is 2. The Kier molecular flexibility index (Phi) is 4.58. The number of fused-ring (bicyclic) bond motifs is 2. The van der Waals surface area contributed by atoms with Gasteiger partial charge >= 0.3 is 0 Å². The van der Waals surface area contributed by atoms with Gasteiger partial charge in [0.1, 0.15) is 12.0 Å². The molecule has 1 aromatic heterocycles. The number of rotatable bonds is 5. The van der Waals surface area contributed by atoms with Gasteiger partial charge in [0.2, 0.25) is 0 Å². The average molecular weight is 324 g/mol. The maximum atomic E-state index is 12.8. The lowest BCUT2D eigenvalue weighted by molar-refractivity contribution is 0.0491. The molecule has 0 spiro atoms. The molecule has 3 rings (SSSR count). The Morgan fingerprint density at radius 1 is 1.04 bits per heavy atom. The van der Waals surface area contributed by atoms with E-state index >= 15 is 0 Å². The highest BCUT2D eigenvalue weighted by atomic mass is 16.5. The summed E-state index contributed by atoms with van der Waals surface area (Å²) < 4.78 is 8.27. The van der Waals surface area contributed by atoms with Crippen LogP contribution in [0.3, 0.4) is 0 Å². The van der Waals surface area contributed by atoms with Crippen LogP contribution in [0.2, 0.25) is 0 Å². The van der Waals surface area contributed by atoms with E-state index in [1.165, 1.54) is 0 Å². The molecule has 126 valence electrons. The first-order valence-electron chi connectivity index (χ1n) is 8.49. The Hall–Kier alpha value is -2.33. The lowest BCUT2D eigenvalue weighted by Crippen LogP contribution is -2.37. The molecule has 1 heterocycles. The van der Waals surface area contributed by atoms with Crippen molar-refractivity contribution in [3.63, 3.8) is 0 Å². The first-order valence-corrected chi connectivity index (χ1v) is 8.49. The molecule has 0 N–H and O–H groups in total. The molecule has 0 aliphatic heterocycles. The van der Waals surface area contributed by atoms with Crippen LogP contribution in [0.1, 0.15) is 20.8 Å². The monoisotopic (exact) mass is 324 g/mol. The minimum atomic E-state index is -0.0489. The molecule has 1 atom stereocenters. The van der Waals surface area contributed by atoms with Gasteiger partial charge in [0, 0.05) is 12.4 Å². The molecule has 0 amide bonds. The van der Waals surface area contributed by atoms with E-state index in [2.05, 4.69) is 23.3 Å². The molecule has 0 aliphatic rings. The van der Waals surface area contributed by atoms with E-state index in [-0.39, 0.29) is 11.7 Å². The fourth-order valence-corrected chi connectivity index (χ4v) is 3.37. The number of nitrogens with zero attached hydrogens (tertiary/aromatic N) is 2. The molecule has 0 bridgehead atoms. The van der Waals surface area contributed by atoms with Gasteiger partial charge in [-0.15, -0.1) is 0 Å². The second-order valence-electron chi connectivity index (χ2n) is 6.00. The largest absolute Gasteiger partial charge is 0.473 e. The number of para-hydroxylation sites is 2. The third kappa shape index (κ3) is 2.67.